The molecule has 2 rings (SSSR count). The van der Waals surface area contributed by atoms with Crippen molar-refractivity contribution in [1.29, 1.82) is 0 Å². The lowest BCUT2D eigenvalue weighted by atomic mass is 10.3. The molecule has 9 heteroatoms. The molecule has 0 spiro atoms. The van der Waals surface area contributed by atoms with Crippen molar-refractivity contribution in [2.45, 2.75) is 11.8 Å². The van der Waals surface area contributed by atoms with E-state index in [-0.39, 0.29) is 10.9 Å². The van der Waals surface area contributed by atoms with Crippen molar-refractivity contribution in [3.05, 3.63) is 18.2 Å². The number of sulfonamides is 1. The zero-order valence-corrected chi connectivity index (χ0v) is 11.6. The third kappa shape index (κ3) is 3.19. The maximum atomic E-state index is 11.3. The molecular weight excluding hydrogens is 288 g/mol. The smallest absolute Gasteiger partial charge is 0.321 e. The minimum Gasteiger partial charge on any atom is -0.338 e. The number of primary sulfonamides is 1. The monoisotopic (exact) mass is 300 g/mol. The number of anilines is 1. The Bertz CT molecular complexity index is 723. The highest BCUT2D eigenvalue weighted by molar-refractivity contribution is 7.89. The second kappa shape index (κ2) is 5.11. The van der Waals surface area contributed by atoms with Gasteiger partial charge in [0.15, 0.2) is 5.13 Å². The van der Waals surface area contributed by atoms with Crippen LogP contribution in [0.4, 0.5) is 9.93 Å². The van der Waals surface area contributed by atoms with Crippen LogP contribution in [0.5, 0.6) is 0 Å². The lowest BCUT2D eigenvalue weighted by molar-refractivity contribution is 0.252. The first-order valence-corrected chi connectivity index (χ1v) is 7.74. The van der Waals surface area contributed by atoms with Gasteiger partial charge in [-0.05, 0) is 25.1 Å². The minimum atomic E-state index is -3.74. The molecule has 0 saturated heterocycles. The number of carbonyl (C=O) groups is 1. The number of nitrogens with zero attached hydrogens (tertiary/aromatic N) is 1. The van der Waals surface area contributed by atoms with Crippen molar-refractivity contribution < 1.29 is 13.2 Å². The number of rotatable bonds is 3. The lowest BCUT2D eigenvalue weighted by Crippen LogP contribution is -2.28. The number of benzene rings is 1. The van der Waals surface area contributed by atoms with Crippen molar-refractivity contribution in [2.24, 2.45) is 5.14 Å². The molecule has 0 atom stereocenters. The molecule has 1 heterocycles. The summed E-state index contributed by atoms with van der Waals surface area (Å²) in [6.07, 6.45) is 0. The Balaban J connectivity index is 2.33. The third-order valence-electron chi connectivity index (χ3n) is 2.25. The number of aromatic nitrogens is 1. The summed E-state index contributed by atoms with van der Waals surface area (Å²) in [6.45, 7) is 2.31. The van der Waals surface area contributed by atoms with E-state index in [2.05, 4.69) is 15.6 Å². The Labute approximate surface area is 113 Å². The standard InChI is InChI=1S/C10H12N4O3S2/c1-2-12-9(15)14-10-13-7-4-3-6(19(11,16)17)5-8(7)18-10/h3-5H,2H2,1H3,(H2,11,16,17)(H2,12,13,14,15). The molecule has 1 aromatic carbocycles. The van der Waals surface area contributed by atoms with Crippen LogP contribution in [-0.2, 0) is 10.0 Å². The Morgan fingerprint density at radius 1 is 1.47 bits per heavy atom. The summed E-state index contributed by atoms with van der Waals surface area (Å²) < 4.78 is 23.1. The van der Waals surface area contributed by atoms with Gasteiger partial charge in [0.2, 0.25) is 10.0 Å². The fourth-order valence-electron chi connectivity index (χ4n) is 1.44. The van der Waals surface area contributed by atoms with Crippen molar-refractivity contribution in [3.63, 3.8) is 0 Å². The van der Waals surface area contributed by atoms with Crippen molar-refractivity contribution in [2.75, 3.05) is 11.9 Å². The maximum absolute atomic E-state index is 11.3. The molecule has 0 radical (unpaired) electrons. The van der Waals surface area contributed by atoms with Crippen molar-refractivity contribution >= 4 is 42.7 Å². The van der Waals surface area contributed by atoms with Gasteiger partial charge in [0.1, 0.15) is 0 Å². The number of amides is 2. The van der Waals surface area contributed by atoms with Gasteiger partial charge >= 0.3 is 6.03 Å². The van der Waals surface area contributed by atoms with E-state index >= 15 is 0 Å². The zero-order chi connectivity index (χ0) is 14.0. The van der Waals surface area contributed by atoms with Crippen LogP contribution in [0, 0.1) is 0 Å². The molecule has 7 nitrogen and oxygen atoms in total. The highest BCUT2D eigenvalue weighted by Crippen LogP contribution is 2.27. The first-order chi connectivity index (χ1) is 8.90. The summed E-state index contributed by atoms with van der Waals surface area (Å²) in [4.78, 5) is 15.5. The van der Waals surface area contributed by atoms with E-state index in [1.807, 2.05) is 0 Å². The number of nitrogens with two attached hydrogens (primary N) is 1. The second-order valence-electron chi connectivity index (χ2n) is 3.68. The Morgan fingerprint density at radius 3 is 2.84 bits per heavy atom. The summed E-state index contributed by atoms with van der Waals surface area (Å²) >= 11 is 1.18. The van der Waals surface area contributed by atoms with Gasteiger partial charge in [0.25, 0.3) is 0 Å². The average molecular weight is 300 g/mol. The van der Waals surface area contributed by atoms with Crippen LogP contribution < -0.4 is 15.8 Å². The normalized spacial score (nSPS) is 11.5. The molecular formula is C10H12N4O3S2. The highest BCUT2D eigenvalue weighted by Gasteiger charge is 2.12. The number of carbonyl (C=O) groups excluding carboxylic acids is 1. The lowest BCUT2D eigenvalue weighted by Gasteiger charge is -2.00. The summed E-state index contributed by atoms with van der Waals surface area (Å²) in [5.41, 5.74) is 0.601. The Hall–Kier alpha value is -1.71. The van der Waals surface area contributed by atoms with Gasteiger partial charge < -0.3 is 5.32 Å². The van der Waals surface area contributed by atoms with Gasteiger partial charge in [0.05, 0.1) is 15.1 Å². The fraction of sp³-hybridized carbons (Fsp3) is 0.200. The van der Waals surface area contributed by atoms with E-state index in [4.69, 9.17) is 5.14 Å². The first kappa shape index (κ1) is 13.7. The molecule has 0 fully saturated rings. The Kier molecular flexibility index (Phi) is 3.69. The van der Waals surface area contributed by atoms with Gasteiger partial charge in [0, 0.05) is 6.54 Å². The number of fused-ring (bicyclic) bond motifs is 1. The SMILES string of the molecule is CCNC(=O)Nc1nc2ccc(S(N)(=O)=O)cc2s1. The molecule has 0 aliphatic heterocycles. The topological polar surface area (TPSA) is 114 Å². The molecule has 1 aromatic heterocycles. The molecule has 2 aromatic rings. The van der Waals surface area contributed by atoms with E-state index in [1.165, 1.54) is 23.5 Å². The molecule has 4 N–H and O–H groups in total. The number of urea groups is 1. The summed E-state index contributed by atoms with van der Waals surface area (Å²) in [5, 5.41) is 10.6. The van der Waals surface area contributed by atoms with Crippen LogP contribution in [-0.4, -0.2) is 26.0 Å². The van der Waals surface area contributed by atoms with Crippen LogP contribution in [0.25, 0.3) is 10.2 Å². The number of nitrogens with one attached hydrogen (secondary N) is 2. The van der Waals surface area contributed by atoms with E-state index in [9.17, 15) is 13.2 Å². The van der Waals surface area contributed by atoms with Gasteiger partial charge in [-0.25, -0.2) is 23.3 Å². The van der Waals surface area contributed by atoms with E-state index in [0.29, 0.717) is 21.9 Å². The van der Waals surface area contributed by atoms with Gasteiger partial charge in [-0.15, -0.1) is 0 Å². The van der Waals surface area contributed by atoms with E-state index < -0.39 is 10.0 Å². The number of hydrogen-bond donors (Lipinski definition) is 3. The van der Waals surface area contributed by atoms with Crippen molar-refractivity contribution in [1.82, 2.24) is 10.3 Å². The molecule has 19 heavy (non-hydrogen) atoms. The van der Waals surface area contributed by atoms with Gasteiger partial charge in [-0.3, -0.25) is 5.32 Å². The maximum Gasteiger partial charge on any atom is 0.321 e. The third-order valence-corrected chi connectivity index (χ3v) is 4.09. The largest absolute Gasteiger partial charge is 0.338 e. The molecule has 102 valence electrons. The summed E-state index contributed by atoms with van der Waals surface area (Å²) in [6, 6.07) is 4.01. The van der Waals surface area contributed by atoms with E-state index in [0.717, 1.165) is 0 Å². The predicted octanol–water partition coefficient (Wildman–Crippen LogP) is 1.09. The van der Waals surface area contributed by atoms with Crippen LogP contribution in [0.2, 0.25) is 0 Å². The molecule has 0 saturated carbocycles. The fourth-order valence-corrected chi connectivity index (χ4v) is 2.95. The van der Waals surface area contributed by atoms with Crippen LogP contribution >= 0.6 is 11.3 Å². The highest BCUT2D eigenvalue weighted by atomic mass is 32.2. The van der Waals surface area contributed by atoms with Gasteiger partial charge in [-0.2, -0.15) is 0 Å². The molecule has 0 unspecified atom stereocenters. The quantitative estimate of drug-likeness (QED) is 0.787. The predicted molar refractivity (Wildman–Crippen MR) is 73.7 cm³/mol. The van der Waals surface area contributed by atoms with Crippen LogP contribution in [0.3, 0.4) is 0 Å². The number of hydrogen-bond acceptors (Lipinski definition) is 5. The molecule has 0 bridgehead atoms. The molecule has 2 amide bonds. The van der Waals surface area contributed by atoms with Crippen molar-refractivity contribution in [3.8, 4) is 0 Å². The summed E-state index contributed by atoms with van der Waals surface area (Å²) in [5.74, 6) is 0. The zero-order valence-electron chi connectivity index (χ0n) is 10.0. The van der Waals surface area contributed by atoms with Crippen LogP contribution in [0.15, 0.2) is 23.1 Å². The molecule has 0 aliphatic rings. The Morgan fingerprint density at radius 2 is 2.21 bits per heavy atom. The average Bonchev–Trinajstić information content (AvgIpc) is 2.68. The number of thiazole rings is 1. The summed E-state index contributed by atoms with van der Waals surface area (Å²) in [7, 11) is -3.74. The van der Waals surface area contributed by atoms with E-state index in [1.54, 1.807) is 13.0 Å². The molecule has 0 aliphatic carbocycles. The van der Waals surface area contributed by atoms with Gasteiger partial charge in [-0.1, -0.05) is 11.3 Å². The second-order valence-corrected chi connectivity index (χ2v) is 6.27. The first-order valence-electron chi connectivity index (χ1n) is 5.38. The minimum absolute atomic E-state index is 0.0215. The van der Waals surface area contributed by atoms with Crippen LogP contribution in [0.1, 0.15) is 6.92 Å².